The highest BCUT2D eigenvalue weighted by atomic mass is 19.4. The van der Waals surface area contributed by atoms with E-state index in [1.807, 2.05) is 0 Å². The number of nitrogens with zero attached hydrogens (tertiary/aromatic N) is 1. The Morgan fingerprint density at radius 1 is 1.33 bits per heavy atom. The highest BCUT2D eigenvalue weighted by Crippen LogP contribution is 2.39. The minimum absolute atomic E-state index is 0.0241. The topological polar surface area (TPSA) is 45.8 Å². The molecule has 1 aliphatic rings. The molecule has 0 spiro atoms. The van der Waals surface area contributed by atoms with E-state index in [0.29, 0.717) is 5.82 Å². The number of alkyl halides is 3. The number of aromatic nitrogens is 2. The standard InChI is InChI=1S/C15H13F3N2O/c1-2-3-9-6-10-12(7-11(9)15(16,17)18)19-13(8-4-5-8)20-14(10)21/h2-3,6-8H,4-5H2,1H3,(H,19,20,21). The van der Waals surface area contributed by atoms with E-state index in [1.165, 1.54) is 18.2 Å². The zero-order chi connectivity index (χ0) is 15.2. The van der Waals surface area contributed by atoms with Crippen LogP contribution in [0.5, 0.6) is 0 Å². The fourth-order valence-electron chi connectivity index (χ4n) is 2.33. The predicted molar refractivity (Wildman–Crippen MR) is 74.0 cm³/mol. The van der Waals surface area contributed by atoms with Crippen LogP contribution in [0.1, 0.15) is 42.6 Å². The van der Waals surface area contributed by atoms with E-state index in [-0.39, 0.29) is 27.9 Å². The normalized spacial score (nSPS) is 16.0. The average Bonchev–Trinajstić information content (AvgIpc) is 3.22. The summed E-state index contributed by atoms with van der Waals surface area (Å²) in [7, 11) is 0. The van der Waals surface area contributed by atoms with Gasteiger partial charge in [-0.1, -0.05) is 12.2 Å². The number of hydrogen-bond donors (Lipinski definition) is 1. The van der Waals surface area contributed by atoms with Crippen LogP contribution >= 0.6 is 0 Å². The maximum absolute atomic E-state index is 13.1. The number of benzene rings is 1. The Hall–Kier alpha value is -2.11. The first kappa shape index (κ1) is 13.9. The lowest BCUT2D eigenvalue weighted by Gasteiger charge is -2.12. The molecule has 1 aromatic carbocycles. The van der Waals surface area contributed by atoms with E-state index in [2.05, 4.69) is 9.97 Å². The van der Waals surface area contributed by atoms with Crippen molar-refractivity contribution in [2.75, 3.05) is 0 Å². The predicted octanol–water partition coefficient (Wildman–Crippen LogP) is 3.85. The van der Waals surface area contributed by atoms with Gasteiger partial charge in [0, 0.05) is 5.92 Å². The number of aromatic amines is 1. The Bertz CT molecular complexity index is 786. The van der Waals surface area contributed by atoms with Crippen LogP contribution in [0.15, 0.2) is 23.0 Å². The second-order valence-corrected chi connectivity index (χ2v) is 5.18. The summed E-state index contributed by atoms with van der Waals surface area (Å²) >= 11 is 0. The number of fused-ring (bicyclic) bond motifs is 1. The molecule has 3 rings (SSSR count). The van der Waals surface area contributed by atoms with Gasteiger partial charge in [0.25, 0.3) is 5.56 Å². The Kier molecular flexibility index (Phi) is 3.11. The summed E-state index contributed by atoms with van der Waals surface area (Å²) in [6.45, 7) is 1.63. The molecule has 1 aliphatic carbocycles. The molecule has 110 valence electrons. The summed E-state index contributed by atoms with van der Waals surface area (Å²) in [5.41, 5.74) is -1.08. The van der Waals surface area contributed by atoms with Crippen molar-refractivity contribution in [1.82, 2.24) is 9.97 Å². The van der Waals surface area contributed by atoms with Gasteiger partial charge < -0.3 is 4.98 Å². The quantitative estimate of drug-likeness (QED) is 0.914. The molecule has 21 heavy (non-hydrogen) atoms. The molecule has 1 saturated carbocycles. The molecule has 1 N–H and O–H groups in total. The van der Waals surface area contributed by atoms with Crippen LogP contribution in [0.25, 0.3) is 17.0 Å². The maximum Gasteiger partial charge on any atom is 0.417 e. The third kappa shape index (κ3) is 2.57. The fraction of sp³-hybridized carbons (Fsp3) is 0.333. The van der Waals surface area contributed by atoms with E-state index in [1.54, 1.807) is 6.92 Å². The minimum Gasteiger partial charge on any atom is -0.310 e. The van der Waals surface area contributed by atoms with Gasteiger partial charge in [0.1, 0.15) is 5.82 Å². The van der Waals surface area contributed by atoms with Gasteiger partial charge >= 0.3 is 6.18 Å². The summed E-state index contributed by atoms with van der Waals surface area (Å²) in [6, 6.07) is 2.21. The number of hydrogen-bond acceptors (Lipinski definition) is 2. The summed E-state index contributed by atoms with van der Waals surface area (Å²) in [6.07, 6.45) is 0.203. The molecule has 1 heterocycles. The van der Waals surface area contributed by atoms with Crippen LogP contribution in [0.3, 0.4) is 0 Å². The van der Waals surface area contributed by atoms with Crippen LogP contribution in [0, 0.1) is 0 Å². The molecule has 1 fully saturated rings. The Morgan fingerprint density at radius 3 is 2.62 bits per heavy atom. The third-order valence-electron chi connectivity index (χ3n) is 3.51. The van der Waals surface area contributed by atoms with Crippen molar-refractivity contribution < 1.29 is 13.2 Å². The molecule has 0 saturated heterocycles. The third-order valence-corrected chi connectivity index (χ3v) is 3.51. The summed E-state index contributed by atoms with van der Waals surface area (Å²) in [5, 5.41) is 0.181. The van der Waals surface area contributed by atoms with E-state index in [9.17, 15) is 18.0 Å². The van der Waals surface area contributed by atoms with Crippen LogP contribution in [0.4, 0.5) is 13.2 Å². The van der Waals surface area contributed by atoms with E-state index >= 15 is 0 Å². The number of H-pyrrole nitrogens is 1. The molecule has 6 heteroatoms. The van der Waals surface area contributed by atoms with Crippen molar-refractivity contribution in [2.24, 2.45) is 0 Å². The molecule has 0 amide bonds. The van der Waals surface area contributed by atoms with Crippen molar-refractivity contribution in [2.45, 2.75) is 31.9 Å². The molecular formula is C15H13F3N2O. The Labute approximate surface area is 118 Å². The first-order chi connectivity index (χ1) is 9.90. The van der Waals surface area contributed by atoms with Gasteiger partial charge in [-0.3, -0.25) is 4.79 Å². The molecule has 0 bridgehead atoms. The van der Waals surface area contributed by atoms with Crippen molar-refractivity contribution in [3.8, 4) is 0 Å². The lowest BCUT2D eigenvalue weighted by atomic mass is 10.0. The van der Waals surface area contributed by atoms with Crippen LogP contribution in [0.2, 0.25) is 0 Å². The first-order valence-electron chi connectivity index (χ1n) is 6.68. The highest BCUT2D eigenvalue weighted by molar-refractivity contribution is 5.82. The van der Waals surface area contributed by atoms with Crippen molar-refractivity contribution in [1.29, 1.82) is 0 Å². The van der Waals surface area contributed by atoms with Crippen LogP contribution in [-0.2, 0) is 6.18 Å². The van der Waals surface area contributed by atoms with E-state index in [0.717, 1.165) is 18.9 Å². The summed E-state index contributed by atoms with van der Waals surface area (Å²) in [5.74, 6) is 0.658. The SMILES string of the molecule is CC=Cc1cc2c(=O)[nH]c(C3CC3)nc2cc1C(F)(F)F. The monoisotopic (exact) mass is 294 g/mol. The lowest BCUT2D eigenvalue weighted by molar-refractivity contribution is -0.137. The number of halogens is 3. The average molecular weight is 294 g/mol. The second-order valence-electron chi connectivity index (χ2n) is 5.18. The molecular weight excluding hydrogens is 281 g/mol. The van der Waals surface area contributed by atoms with Crippen molar-refractivity contribution in [3.63, 3.8) is 0 Å². The smallest absolute Gasteiger partial charge is 0.310 e. The van der Waals surface area contributed by atoms with Gasteiger partial charge in [0.05, 0.1) is 16.5 Å². The largest absolute Gasteiger partial charge is 0.417 e. The molecule has 2 aromatic rings. The van der Waals surface area contributed by atoms with Gasteiger partial charge in [0.2, 0.25) is 0 Å². The molecule has 0 aliphatic heterocycles. The number of allylic oxidation sites excluding steroid dienone is 1. The van der Waals surface area contributed by atoms with E-state index < -0.39 is 11.7 Å². The fourth-order valence-corrected chi connectivity index (χ4v) is 2.33. The van der Waals surface area contributed by atoms with Gasteiger partial charge in [-0.15, -0.1) is 0 Å². The molecule has 1 aromatic heterocycles. The van der Waals surface area contributed by atoms with Gasteiger partial charge in [-0.2, -0.15) is 13.2 Å². The first-order valence-corrected chi connectivity index (χ1v) is 6.68. The molecule has 0 radical (unpaired) electrons. The molecule has 0 unspecified atom stereocenters. The van der Waals surface area contributed by atoms with Gasteiger partial charge in [0.15, 0.2) is 0 Å². The second kappa shape index (κ2) is 4.72. The van der Waals surface area contributed by atoms with Crippen LogP contribution < -0.4 is 5.56 Å². The lowest BCUT2D eigenvalue weighted by Crippen LogP contribution is -2.14. The van der Waals surface area contributed by atoms with Crippen molar-refractivity contribution in [3.05, 3.63) is 45.5 Å². The number of rotatable bonds is 2. The Morgan fingerprint density at radius 2 is 2.05 bits per heavy atom. The summed E-state index contributed by atoms with van der Waals surface area (Å²) < 4.78 is 39.4. The maximum atomic E-state index is 13.1. The van der Waals surface area contributed by atoms with Crippen LogP contribution in [-0.4, -0.2) is 9.97 Å². The zero-order valence-electron chi connectivity index (χ0n) is 11.3. The summed E-state index contributed by atoms with van der Waals surface area (Å²) in [4.78, 5) is 18.9. The highest BCUT2D eigenvalue weighted by Gasteiger charge is 2.34. The van der Waals surface area contributed by atoms with Gasteiger partial charge in [-0.25, -0.2) is 4.98 Å². The van der Waals surface area contributed by atoms with Gasteiger partial charge in [-0.05, 0) is 37.5 Å². The molecule has 3 nitrogen and oxygen atoms in total. The Balaban J connectivity index is 2.30. The molecule has 0 atom stereocenters. The van der Waals surface area contributed by atoms with E-state index in [4.69, 9.17) is 0 Å². The minimum atomic E-state index is -4.48. The zero-order valence-corrected chi connectivity index (χ0v) is 11.3. The van der Waals surface area contributed by atoms with Crippen molar-refractivity contribution >= 4 is 17.0 Å². The number of nitrogens with one attached hydrogen (secondary N) is 1.